The van der Waals surface area contributed by atoms with Gasteiger partial charge in [0.1, 0.15) is 6.07 Å². The lowest BCUT2D eigenvalue weighted by molar-refractivity contribution is -0.0462. The van der Waals surface area contributed by atoms with Gasteiger partial charge >= 0.3 is 12.1 Å². The molecule has 0 saturated carbocycles. The predicted octanol–water partition coefficient (Wildman–Crippen LogP) is 5.29. The van der Waals surface area contributed by atoms with Crippen molar-refractivity contribution >= 4 is 23.5 Å². The van der Waals surface area contributed by atoms with Crippen LogP contribution in [0.25, 0.3) is 0 Å². The standard InChI is InChI=1S/C31H42N6O3/c1-30(2,3)31(4)22-35(18-19-37(31)29(39)40)21-23-10-12-26(13-11-23)34(5)28(38)36-16-14-25(15-17-36)33-27-9-7-6-8-24(27)20-32/h6-13,25,33H,14-19,21-22H2,1-5H3,(H,39,40)/t31-/m1/s1. The lowest BCUT2D eigenvalue weighted by Crippen LogP contribution is -2.67. The first-order chi connectivity index (χ1) is 18.9. The monoisotopic (exact) mass is 546 g/mol. The molecule has 2 aliphatic heterocycles. The van der Waals surface area contributed by atoms with Gasteiger partial charge in [-0.05, 0) is 55.0 Å². The van der Waals surface area contributed by atoms with E-state index >= 15 is 0 Å². The van der Waals surface area contributed by atoms with Crippen molar-refractivity contribution in [2.45, 2.75) is 58.7 Å². The highest BCUT2D eigenvalue weighted by Crippen LogP contribution is 2.38. The van der Waals surface area contributed by atoms with Crippen molar-refractivity contribution in [1.82, 2.24) is 14.7 Å². The summed E-state index contributed by atoms with van der Waals surface area (Å²) in [5.41, 5.74) is 2.75. The fourth-order valence-corrected chi connectivity index (χ4v) is 5.72. The van der Waals surface area contributed by atoms with Crippen LogP contribution in [0.5, 0.6) is 0 Å². The van der Waals surface area contributed by atoms with Gasteiger partial charge in [-0.2, -0.15) is 5.26 Å². The molecule has 2 saturated heterocycles. The van der Waals surface area contributed by atoms with Gasteiger partial charge in [-0.15, -0.1) is 0 Å². The lowest BCUT2D eigenvalue weighted by atomic mass is 9.72. The Bertz CT molecular complexity index is 1240. The largest absolute Gasteiger partial charge is 0.465 e. The second-order valence-electron chi connectivity index (χ2n) is 12.2. The molecule has 2 N–H and O–H groups in total. The number of piperidine rings is 1. The van der Waals surface area contributed by atoms with Crippen molar-refractivity contribution in [3.05, 3.63) is 59.7 Å². The molecule has 2 aromatic rings. The Hall–Kier alpha value is -3.77. The number of hydrogen-bond acceptors (Lipinski definition) is 5. The number of piperazine rings is 1. The fraction of sp³-hybridized carbons (Fsp3) is 0.516. The summed E-state index contributed by atoms with van der Waals surface area (Å²) in [5, 5.41) is 22.6. The molecule has 0 aromatic heterocycles. The number of nitrogens with zero attached hydrogens (tertiary/aromatic N) is 5. The summed E-state index contributed by atoms with van der Waals surface area (Å²) < 4.78 is 0. The average molecular weight is 547 g/mol. The summed E-state index contributed by atoms with van der Waals surface area (Å²) in [5.74, 6) is 0. The fourth-order valence-electron chi connectivity index (χ4n) is 5.72. The quantitative estimate of drug-likeness (QED) is 0.528. The minimum Gasteiger partial charge on any atom is -0.465 e. The summed E-state index contributed by atoms with van der Waals surface area (Å²) in [7, 11) is 1.81. The van der Waals surface area contributed by atoms with Crippen molar-refractivity contribution in [2.24, 2.45) is 5.41 Å². The number of para-hydroxylation sites is 1. The second kappa shape index (κ2) is 11.8. The number of likely N-dealkylation sites (tertiary alicyclic amines) is 1. The first-order valence-corrected chi connectivity index (χ1v) is 14.0. The highest BCUT2D eigenvalue weighted by Gasteiger charge is 2.48. The maximum atomic E-state index is 13.2. The summed E-state index contributed by atoms with van der Waals surface area (Å²) in [6, 6.07) is 18.0. The zero-order chi connectivity index (χ0) is 29.1. The van der Waals surface area contributed by atoms with E-state index in [1.54, 1.807) is 9.80 Å². The Morgan fingerprint density at radius 1 is 1.07 bits per heavy atom. The molecule has 1 atom stereocenters. The molecule has 214 valence electrons. The van der Waals surface area contributed by atoms with Crippen LogP contribution < -0.4 is 10.2 Å². The van der Waals surface area contributed by atoms with E-state index in [-0.39, 0.29) is 17.5 Å². The van der Waals surface area contributed by atoms with E-state index in [0.29, 0.717) is 38.3 Å². The number of carboxylic acid groups (broad SMARTS) is 1. The van der Waals surface area contributed by atoms with Crippen molar-refractivity contribution in [1.29, 1.82) is 5.26 Å². The number of urea groups is 1. The van der Waals surface area contributed by atoms with Crippen LogP contribution in [-0.4, -0.2) is 83.3 Å². The van der Waals surface area contributed by atoms with Crippen LogP contribution >= 0.6 is 0 Å². The molecule has 0 radical (unpaired) electrons. The van der Waals surface area contributed by atoms with E-state index in [4.69, 9.17) is 0 Å². The molecule has 2 fully saturated rings. The molecule has 2 aliphatic rings. The number of anilines is 2. The van der Waals surface area contributed by atoms with Gasteiger partial charge in [-0.25, -0.2) is 9.59 Å². The van der Waals surface area contributed by atoms with Gasteiger partial charge in [-0.3, -0.25) is 14.7 Å². The molecular formula is C31H42N6O3. The molecule has 3 amide bonds. The SMILES string of the molecule is CN(C(=O)N1CCC(Nc2ccccc2C#N)CC1)c1ccc(CN2CCN(C(=O)O)[C@@](C)(C(C)(C)C)C2)cc1. The Labute approximate surface area is 238 Å². The summed E-state index contributed by atoms with van der Waals surface area (Å²) in [6.07, 6.45) is 0.779. The average Bonchev–Trinajstić information content (AvgIpc) is 2.92. The maximum absolute atomic E-state index is 13.2. The third kappa shape index (κ3) is 6.18. The molecule has 9 nitrogen and oxygen atoms in total. The third-order valence-corrected chi connectivity index (χ3v) is 8.80. The Balaban J connectivity index is 1.32. The van der Waals surface area contributed by atoms with Gasteiger partial charge in [0.05, 0.1) is 16.8 Å². The van der Waals surface area contributed by atoms with Gasteiger partial charge in [0, 0.05) is 58.0 Å². The van der Waals surface area contributed by atoms with Gasteiger partial charge in [0.15, 0.2) is 0 Å². The smallest absolute Gasteiger partial charge is 0.407 e. The van der Waals surface area contributed by atoms with E-state index in [0.717, 1.165) is 36.3 Å². The van der Waals surface area contributed by atoms with Crippen LogP contribution in [0.4, 0.5) is 21.0 Å². The first kappa shape index (κ1) is 29.2. The van der Waals surface area contributed by atoms with Crippen molar-refractivity contribution in [3.63, 3.8) is 0 Å². The second-order valence-corrected chi connectivity index (χ2v) is 12.2. The number of hydrogen-bond donors (Lipinski definition) is 2. The third-order valence-electron chi connectivity index (χ3n) is 8.80. The van der Waals surface area contributed by atoms with E-state index in [1.165, 1.54) is 0 Å². The zero-order valence-electron chi connectivity index (χ0n) is 24.4. The van der Waals surface area contributed by atoms with E-state index in [9.17, 15) is 20.0 Å². The van der Waals surface area contributed by atoms with Gasteiger partial charge in [0.25, 0.3) is 0 Å². The zero-order valence-corrected chi connectivity index (χ0v) is 24.4. The molecule has 9 heteroatoms. The van der Waals surface area contributed by atoms with Crippen LogP contribution in [0, 0.1) is 16.7 Å². The lowest BCUT2D eigenvalue weighted by Gasteiger charge is -2.54. The highest BCUT2D eigenvalue weighted by molar-refractivity contribution is 5.91. The van der Waals surface area contributed by atoms with Crippen molar-refractivity contribution < 1.29 is 14.7 Å². The predicted molar refractivity (Wildman–Crippen MR) is 157 cm³/mol. The van der Waals surface area contributed by atoms with Crippen LogP contribution in [0.1, 0.15) is 51.7 Å². The van der Waals surface area contributed by atoms with Crippen molar-refractivity contribution in [2.75, 3.05) is 50.0 Å². The summed E-state index contributed by atoms with van der Waals surface area (Å²) >= 11 is 0. The number of carbonyl (C=O) groups excluding carboxylic acids is 1. The molecule has 0 spiro atoms. The Kier molecular flexibility index (Phi) is 8.59. The number of carbonyl (C=O) groups is 2. The first-order valence-electron chi connectivity index (χ1n) is 14.0. The number of nitriles is 1. The van der Waals surface area contributed by atoms with Gasteiger partial charge < -0.3 is 15.3 Å². The highest BCUT2D eigenvalue weighted by atomic mass is 16.4. The van der Waals surface area contributed by atoms with Gasteiger partial charge in [0.2, 0.25) is 0 Å². The Morgan fingerprint density at radius 3 is 2.33 bits per heavy atom. The molecule has 0 aliphatic carbocycles. The minimum absolute atomic E-state index is 0.0191. The minimum atomic E-state index is -0.862. The molecule has 40 heavy (non-hydrogen) atoms. The number of nitrogens with one attached hydrogen (secondary N) is 1. The van der Waals surface area contributed by atoms with E-state index in [2.05, 4.69) is 49.2 Å². The molecule has 2 aromatic carbocycles. The maximum Gasteiger partial charge on any atom is 0.407 e. The van der Waals surface area contributed by atoms with Gasteiger partial charge in [-0.1, -0.05) is 45.0 Å². The molecular weight excluding hydrogens is 504 g/mol. The molecule has 2 heterocycles. The van der Waals surface area contributed by atoms with Crippen LogP contribution in [0.15, 0.2) is 48.5 Å². The van der Waals surface area contributed by atoms with Crippen LogP contribution in [-0.2, 0) is 6.54 Å². The van der Waals surface area contributed by atoms with E-state index in [1.807, 2.05) is 55.3 Å². The normalized spacial score (nSPS) is 20.6. The molecule has 0 bridgehead atoms. The molecule has 0 unspecified atom stereocenters. The number of rotatable bonds is 5. The summed E-state index contributed by atoms with van der Waals surface area (Å²) in [6.45, 7) is 12.2. The number of amides is 3. The van der Waals surface area contributed by atoms with Crippen LogP contribution in [0.2, 0.25) is 0 Å². The topological polar surface area (TPSA) is 103 Å². The number of benzene rings is 2. The Morgan fingerprint density at radius 2 is 1.73 bits per heavy atom. The van der Waals surface area contributed by atoms with Crippen LogP contribution in [0.3, 0.4) is 0 Å². The summed E-state index contributed by atoms with van der Waals surface area (Å²) in [4.78, 5) is 32.7. The van der Waals surface area contributed by atoms with Crippen molar-refractivity contribution in [3.8, 4) is 6.07 Å². The van der Waals surface area contributed by atoms with E-state index < -0.39 is 11.6 Å². The molecule has 4 rings (SSSR count).